The smallest absolute Gasteiger partial charge is 0.257 e. The summed E-state index contributed by atoms with van der Waals surface area (Å²) in [5, 5.41) is 8.13. The van der Waals surface area contributed by atoms with Gasteiger partial charge in [0.1, 0.15) is 16.9 Å². The normalized spacial score (nSPS) is 11.5. The molecule has 7 nitrogen and oxygen atoms in total. The lowest BCUT2D eigenvalue weighted by molar-refractivity contribution is 0.0955. The number of halogens is 1. The molecule has 2 aromatic heterocycles. The fourth-order valence-electron chi connectivity index (χ4n) is 3.89. The highest BCUT2D eigenvalue weighted by molar-refractivity contribution is 6.30. The fourth-order valence-corrected chi connectivity index (χ4v) is 4.01. The molecule has 0 atom stereocenters. The first-order chi connectivity index (χ1) is 17.1. The second-order valence-corrected chi connectivity index (χ2v) is 8.53. The van der Waals surface area contributed by atoms with E-state index in [4.69, 9.17) is 27.3 Å². The number of para-hydroxylation sites is 2. The SMILES string of the molecule is Nc1c(C(=O)NCCCc2ccccc2)c2nc3ccccc3nc2n1N=Cc1ccc(Cl)cc1. The number of benzene rings is 3. The Kier molecular flexibility index (Phi) is 6.41. The number of hydrogen-bond donors (Lipinski definition) is 2. The third-order valence-electron chi connectivity index (χ3n) is 5.66. The van der Waals surface area contributed by atoms with Crippen molar-refractivity contribution in [2.24, 2.45) is 5.10 Å². The van der Waals surface area contributed by atoms with Crippen LogP contribution in [0.15, 0.2) is 84.0 Å². The van der Waals surface area contributed by atoms with Gasteiger partial charge >= 0.3 is 0 Å². The molecule has 3 aromatic carbocycles. The third kappa shape index (κ3) is 4.85. The Morgan fingerprint density at radius 2 is 1.66 bits per heavy atom. The van der Waals surface area contributed by atoms with E-state index in [1.165, 1.54) is 10.2 Å². The lowest BCUT2D eigenvalue weighted by atomic mass is 10.1. The Hall–Kier alpha value is -4.23. The maximum atomic E-state index is 13.2. The van der Waals surface area contributed by atoms with E-state index < -0.39 is 0 Å². The van der Waals surface area contributed by atoms with Gasteiger partial charge in [0.05, 0.1) is 17.2 Å². The maximum Gasteiger partial charge on any atom is 0.257 e. The second-order valence-electron chi connectivity index (χ2n) is 8.10. The van der Waals surface area contributed by atoms with E-state index in [0.717, 1.165) is 18.4 Å². The number of rotatable bonds is 7. The van der Waals surface area contributed by atoms with Gasteiger partial charge in [0.15, 0.2) is 5.65 Å². The summed E-state index contributed by atoms with van der Waals surface area (Å²) in [6.07, 6.45) is 3.32. The molecule has 0 aliphatic heterocycles. The van der Waals surface area contributed by atoms with Gasteiger partial charge in [-0.3, -0.25) is 4.79 Å². The number of aromatic nitrogens is 3. The minimum absolute atomic E-state index is 0.182. The van der Waals surface area contributed by atoms with Gasteiger partial charge in [0, 0.05) is 11.6 Å². The number of nitrogens with zero attached hydrogens (tertiary/aromatic N) is 4. The molecule has 5 rings (SSSR count). The van der Waals surface area contributed by atoms with E-state index in [2.05, 4.69) is 22.6 Å². The summed E-state index contributed by atoms with van der Waals surface area (Å²) in [4.78, 5) is 22.6. The molecule has 0 fully saturated rings. The van der Waals surface area contributed by atoms with Crippen LogP contribution < -0.4 is 11.1 Å². The molecule has 0 saturated heterocycles. The molecule has 1 amide bonds. The van der Waals surface area contributed by atoms with Crippen molar-refractivity contribution in [3.05, 3.63) is 101 Å². The van der Waals surface area contributed by atoms with Gasteiger partial charge in [-0.15, -0.1) is 0 Å². The molecule has 8 heteroatoms. The molecular weight excluding hydrogens is 460 g/mol. The number of anilines is 1. The van der Waals surface area contributed by atoms with Crippen LogP contribution in [0.5, 0.6) is 0 Å². The lowest BCUT2D eigenvalue weighted by Crippen LogP contribution is -2.25. The Balaban J connectivity index is 1.47. The van der Waals surface area contributed by atoms with Crippen LogP contribution in [0.1, 0.15) is 27.9 Å². The van der Waals surface area contributed by atoms with Crippen molar-refractivity contribution < 1.29 is 4.79 Å². The van der Waals surface area contributed by atoms with E-state index >= 15 is 0 Å². The molecule has 2 heterocycles. The topological polar surface area (TPSA) is 98.2 Å². The number of nitrogen functional groups attached to an aromatic ring is 1. The van der Waals surface area contributed by atoms with E-state index in [-0.39, 0.29) is 17.3 Å². The van der Waals surface area contributed by atoms with Crippen molar-refractivity contribution in [3.63, 3.8) is 0 Å². The predicted molar refractivity (Wildman–Crippen MR) is 141 cm³/mol. The van der Waals surface area contributed by atoms with E-state index in [1.54, 1.807) is 18.3 Å². The average Bonchev–Trinajstić information content (AvgIpc) is 3.15. The number of hydrogen-bond acceptors (Lipinski definition) is 5. The van der Waals surface area contributed by atoms with Crippen molar-refractivity contribution in [1.29, 1.82) is 0 Å². The zero-order chi connectivity index (χ0) is 24.2. The van der Waals surface area contributed by atoms with Crippen molar-refractivity contribution >= 4 is 51.7 Å². The Morgan fingerprint density at radius 1 is 0.971 bits per heavy atom. The largest absolute Gasteiger partial charge is 0.383 e. The first kappa shape index (κ1) is 22.6. The molecule has 35 heavy (non-hydrogen) atoms. The highest BCUT2D eigenvalue weighted by atomic mass is 35.5. The molecule has 0 spiro atoms. The summed E-state index contributed by atoms with van der Waals surface area (Å²) < 4.78 is 1.46. The number of carbonyl (C=O) groups is 1. The molecule has 0 saturated carbocycles. The highest BCUT2D eigenvalue weighted by Gasteiger charge is 2.23. The Bertz CT molecular complexity index is 1530. The molecule has 0 bridgehead atoms. The molecule has 5 aromatic rings. The summed E-state index contributed by atoms with van der Waals surface area (Å²) in [7, 11) is 0. The van der Waals surface area contributed by atoms with Crippen molar-refractivity contribution in [2.75, 3.05) is 12.3 Å². The number of amides is 1. The second kappa shape index (κ2) is 9.95. The van der Waals surface area contributed by atoms with Gasteiger partial charge in [-0.2, -0.15) is 9.78 Å². The van der Waals surface area contributed by atoms with Crippen LogP contribution in [0.2, 0.25) is 5.02 Å². The van der Waals surface area contributed by atoms with E-state index in [0.29, 0.717) is 33.8 Å². The first-order valence-electron chi connectivity index (χ1n) is 11.3. The van der Waals surface area contributed by atoms with Gasteiger partial charge in [-0.05, 0) is 48.2 Å². The van der Waals surface area contributed by atoms with Crippen LogP contribution in [-0.2, 0) is 6.42 Å². The van der Waals surface area contributed by atoms with Crippen LogP contribution in [0.4, 0.5) is 5.82 Å². The van der Waals surface area contributed by atoms with Crippen LogP contribution in [0.25, 0.3) is 22.2 Å². The summed E-state index contributed by atoms with van der Waals surface area (Å²) in [6.45, 7) is 0.509. The predicted octanol–water partition coefficient (Wildman–Crippen LogP) is 5.06. The maximum absolute atomic E-state index is 13.2. The minimum atomic E-state index is -0.300. The number of carbonyl (C=O) groups excluding carboxylic acids is 1. The number of aryl methyl sites for hydroxylation is 1. The molecule has 0 radical (unpaired) electrons. The van der Waals surface area contributed by atoms with Gasteiger partial charge in [0.25, 0.3) is 5.91 Å². The number of nitrogens with two attached hydrogens (primary N) is 1. The minimum Gasteiger partial charge on any atom is -0.383 e. The Labute approximate surface area is 207 Å². The van der Waals surface area contributed by atoms with Crippen molar-refractivity contribution in [2.45, 2.75) is 12.8 Å². The standard InChI is InChI=1S/C27H23ClN6O/c28-20-14-12-19(13-15-20)17-31-34-25(29)23(24-26(34)33-22-11-5-4-10-21(22)32-24)27(35)30-16-6-9-18-7-2-1-3-8-18/h1-5,7-8,10-15,17H,6,9,16,29H2,(H,30,35). The average molecular weight is 483 g/mol. The molecule has 0 unspecified atom stereocenters. The van der Waals surface area contributed by atoms with Crippen LogP contribution in [-0.4, -0.2) is 33.3 Å². The lowest BCUT2D eigenvalue weighted by Gasteiger charge is -2.06. The van der Waals surface area contributed by atoms with Crippen LogP contribution >= 0.6 is 11.6 Å². The van der Waals surface area contributed by atoms with Crippen LogP contribution in [0, 0.1) is 0 Å². The number of nitrogens with one attached hydrogen (secondary N) is 1. The van der Waals surface area contributed by atoms with E-state index in [1.807, 2.05) is 54.6 Å². The van der Waals surface area contributed by atoms with Crippen LogP contribution in [0.3, 0.4) is 0 Å². The summed E-state index contributed by atoms with van der Waals surface area (Å²) in [5.74, 6) is -0.119. The van der Waals surface area contributed by atoms with Gasteiger partial charge < -0.3 is 11.1 Å². The van der Waals surface area contributed by atoms with Gasteiger partial charge in [-0.1, -0.05) is 66.2 Å². The van der Waals surface area contributed by atoms with Crippen molar-refractivity contribution in [1.82, 2.24) is 20.0 Å². The third-order valence-corrected chi connectivity index (χ3v) is 5.92. The zero-order valence-corrected chi connectivity index (χ0v) is 19.6. The number of fused-ring (bicyclic) bond motifs is 2. The summed E-state index contributed by atoms with van der Waals surface area (Å²) in [5.41, 5.74) is 11.0. The summed E-state index contributed by atoms with van der Waals surface area (Å²) in [6, 6.07) is 24.9. The molecule has 0 aliphatic carbocycles. The van der Waals surface area contributed by atoms with Crippen molar-refractivity contribution in [3.8, 4) is 0 Å². The monoisotopic (exact) mass is 482 g/mol. The fraction of sp³-hybridized carbons (Fsp3) is 0.111. The molecular formula is C27H23ClN6O. The molecule has 0 aliphatic rings. The Morgan fingerprint density at radius 3 is 2.40 bits per heavy atom. The molecule has 3 N–H and O–H groups in total. The molecule has 174 valence electrons. The van der Waals surface area contributed by atoms with Gasteiger partial charge in [0.2, 0.25) is 0 Å². The summed E-state index contributed by atoms with van der Waals surface area (Å²) >= 11 is 5.98. The van der Waals surface area contributed by atoms with E-state index in [9.17, 15) is 4.79 Å². The quantitative estimate of drug-likeness (QED) is 0.250. The zero-order valence-electron chi connectivity index (χ0n) is 18.9. The highest BCUT2D eigenvalue weighted by Crippen LogP contribution is 2.28. The first-order valence-corrected chi connectivity index (χ1v) is 11.7. The van der Waals surface area contributed by atoms with Gasteiger partial charge in [-0.25, -0.2) is 9.97 Å².